The molecule has 0 bridgehead atoms. The van der Waals surface area contributed by atoms with E-state index in [1.165, 1.54) is 11.3 Å². The first-order valence-electron chi connectivity index (χ1n) is 5.69. The monoisotopic (exact) mass is 375 g/mol. The molecule has 0 spiro atoms. The summed E-state index contributed by atoms with van der Waals surface area (Å²) in [7, 11) is -3.51. The second kappa shape index (κ2) is 5.36. The maximum absolute atomic E-state index is 12.1. The van der Waals surface area contributed by atoms with E-state index >= 15 is 0 Å². The summed E-state index contributed by atoms with van der Waals surface area (Å²) in [6.07, 6.45) is 0. The predicted molar refractivity (Wildman–Crippen MR) is 78.6 cm³/mol. The second-order valence-electron chi connectivity index (χ2n) is 4.03. The van der Waals surface area contributed by atoms with Gasteiger partial charge in [-0.25, -0.2) is 13.1 Å². The van der Waals surface area contributed by atoms with Crippen molar-refractivity contribution in [2.75, 3.05) is 6.79 Å². The number of sulfonamides is 1. The van der Waals surface area contributed by atoms with Gasteiger partial charge in [0, 0.05) is 12.1 Å². The largest absolute Gasteiger partial charge is 0.454 e. The summed E-state index contributed by atoms with van der Waals surface area (Å²) in [5.74, 6) is 1.24. The van der Waals surface area contributed by atoms with Crippen molar-refractivity contribution >= 4 is 37.3 Å². The second-order valence-corrected chi connectivity index (χ2v) is 8.49. The maximum atomic E-state index is 12.1. The van der Waals surface area contributed by atoms with Crippen LogP contribution in [0.2, 0.25) is 0 Å². The minimum absolute atomic E-state index is 0.157. The highest BCUT2D eigenvalue weighted by molar-refractivity contribution is 9.11. The maximum Gasteiger partial charge on any atom is 0.250 e. The van der Waals surface area contributed by atoms with Crippen LogP contribution in [0.25, 0.3) is 0 Å². The fourth-order valence-electron chi connectivity index (χ4n) is 1.82. The Morgan fingerprint density at radius 1 is 1.25 bits per heavy atom. The van der Waals surface area contributed by atoms with E-state index in [4.69, 9.17) is 9.47 Å². The van der Waals surface area contributed by atoms with Gasteiger partial charge < -0.3 is 9.47 Å². The van der Waals surface area contributed by atoms with Crippen LogP contribution in [0.1, 0.15) is 5.56 Å². The molecule has 1 N–H and O–H groups in total. The number of hydrogen-bond acceptors (Lipinski definition) is 5. The first kappa shape index (κ1) is 13.9. The molecule has 0 aliphatic carbocycles. The van der Waals surface area contributed by atoms with Crippen molar-refractivity contribution in [3.63, 3.8) is 0 Å². The zero-order valence-corrected chi connectivity index (χ0v) is 13.3. The lowest BCUT2D eigenvalue weighted by molar-refractivity contribution is 0.173. The number of rotatable bonds is 4. The molecule has 20 heavy (non-hydrogen) atoms. The van der Waals surface area contributed by atoms with Crippen molar-refractivity contribution in [3.8, 4) is 11.5 Å². The van der Waals surface area contributed by atoms with E-state index in [-0.39, 0.29) is 17.5 Å². The number of para-hydroxylation sites is 1. The van der Waals surface area contributed by atoms with Gasteiger partial charge in [-0.1, -0.05) is 12.1 Å². The van der Waals surface area contributed by atoms with E-state index in [9.17, 15) is 8.42 Å². The Hall–Kier alpha value is -1.09. The van der Waals surface area contributed by atoms with Gasteiger partial charge in [0.25, 0.3) is 0 Å². The number of ether oxygens (including phenoxy) is 2. The average Bonchev–Trinajstić information content (AvgIpc) is 3.05. The summed E-state index contributed by atoms with van der Waals surface area (Å²) in [5.41, 5.74) is 0.749. The SMILES string of the molecule is O=S(=O)(NCc1cccc2c1OCO2)c1ccc(Br)s1. The van der Waals surface area contributed by atoms with Crippen molar-refractivity contribution < 1.29 is 17.9 Å². The summed E-state index contributed by atoms with van der Waals surface area (Å²) in [5, 5.41) is 0. The first-order chi connectivity index (χ1) is 9.56. The van der Waals surface area contributed by atoms with Gasteiger partial charge in [-0.15, -0.1) is 11.3 Å². The van der Waals surface area contributed by atoms with E-state index in [0.29, 0.717) is 11.5 Å². The molecule has 0 unspecified atom stereocenters. The molecule has 1 aromatic carbocycles. The van der Waals surface area contributed by atoms with E-state index < -0.39 is 10.0 Å². The Labute approximate surface area is 128 Å². The van der Waals surface area contributed by atoms with Gasteiger partial charge in [0.2, 0.25) is 16.8 Å². The zero-order valence-electron chi connectivity index (χ0n) is 10.1. The topological polar surface area (TPSA) is 64.6 Å². The number of nitrogens with one attached hydrogen (secondary N) is 1. The van der Waals surface area contributed by atoms with Crippen molar-refractivity contribution in [1.29, 1.82) is 0 Å². The molecule has 0 atom stereocenters. The van der Waals surface area contributed by atoms with Crippen LogP contribution < -0.4 is 14.2 Å². The van der Waals surface area contributed by atoms with Crippen molar-refractivity contribution in [3.05, 3.63) is 39.7 Å². The van der Waals surface area contributed by atoms with Gasteiger partial charge in [-0.2, -0.15) is 0 Å². The molecular weight excluding hydrogens is 366 g/mol. The molecule has 106 valence electrons. The number of thiophene rings is 1. The molecule has 3 rings (SSSR count). The average molecular weight is 376 g/mol. The lowest BCUT2D eigenvalue weighted by Crippen LogP contribution is -2.22. The van der Waals surface area contributed by atoms with Crippen molar-refractivity contribution in [2.24, 2.45) is 0 Å². The summed E-state index contributed by atoms with van der Waals surface area (Å²) >= 11 is 4.42. The molecule has 5 nitrogen and oxygen atoms in total. The predicted octanol–water partition coefficient (Wildman–Crippen LogP) is 2.72. The highest BCUT2D eigenvalue weighted by Crippen LogP contribution is 2.35. The summed E-state index contributed by atoms with van der Waals surface area (Å²) in [6.45, 7) is 0.321. The Balaban J connectivity index is 1.79. The third-order valence-electron chi connectivity index (χ3n) is 2.74. The minimum atomic E-state index is -3.51. The normalized spacial score (nSPS) is 13.7. The Bertz CT molecular complexity index is 742. The van der Waals surface area contributed by atoms with Gasteiger partial charge in [-0.05, 0) is 34.1 Å². The summed E-state index contributed by atoms with van der Waals surface area (Å²) in [4.78, 5) is 0. The van der Waals surface area contributed by atoms with Gasteiger partial charge in [0.05, 0.1) is 3.79 Å². The van der Waals surface area contributed by atoms with E-state index in [1.54, 1.807) is 30.3 Å². The third-order valence-corrected chi connectivity index (χ3v) is 6.26. The molecule has 1 aliphatic rings. The number of hydrogen-bond donors (Lipinski definition) is 1. The highest BCUT2D eigenvalue weighted by Gasteiger charge is 2.20. The fraction of sp³-hybridized carbons (Fsp3) is 0.167. The van der Waals surface area contributed by atoms with E-state index in [2.05, 4.69) is 20.7 Å². The lowest BCUT2D eigenvalue weighted by Gasteiger charge is -2.07. The van der Waals surface area contributed by atoms with Gasteiger partial charge in [-0.3, -0.25) is 0 Å². The highest BCUT2D eigenvalue weighted by atomic mass is 79.9. The number of fused-ring (bicyclic) bond motifs is 1. The fourth-order valence-corrected chi connectivity index (χ4v) is 4.88. The standard InChI is InChI=1S/C12H10BrNO4S2/c13-10-4-5-11(19-10)20(15,16)14-6-8-2-1-3-9-12(8)18-7-17-9/h1-5,14H,6-7H2. The van der Waals surface area contributed by atoms with Gasteiger partial charge in [0.1, 0.15) is 4.21 Å². The van der Waals surface area contributed by atoms with Gasteiger partial charge >= 0.3 is 0 Å². The summed E-state index contributed by atoms with van der Waals surface area (Å²) < 4.78 is 38.5. The molecule has 8 heteroatoms. The Kier molecular flexibility index (Phi) is 3.72. The smallest absolute Gasteiger partial charge is 0.250 e. The molecule has 0 saturated heterocycles. The quantitative estimate of drug-likeness (QED) is 0.891. The minimum Gasteiger partial charge on any atom is -0.454 e. The molecule has 1 aliphatic heterocycles. The first-order valence-corrected chi connectivity index (χ1v) is 8.78. The Morgan fingerprint density at radius 2 is 2.10 bits per heavy atom. The molecule has 2 heterocycles. The van der Waals surface area contributed by atoms with Crippen LogP contribution in [0.5, 0.6) is 11.5 Å². The van der Waals surface area contributed by atoms with Crippen LogP contribution in [0.15, 0.2) is 38.3 Å². The zero-order chi connectivity index (χ0) is 14.2. The van der Waals surface area contributed by atoms with E-state index in [0.717, 1.165) is 9.35 Å². The molecular formula is C12H10BrNO4S2. The molecule has 1 aromatic heterocycles. The number of benzene rings is 1. The van der Waals surface area contributed by atoms with Crippen molar-refractivity contribution in [1.82, 2.24) is 4.72 Å². The van der Waals surface area contributed by atoms with Crippen LogP contribution in [-0.4, -0.2) is 15.2 Å². The van der Waals surface area contributed by atoms with Crippen LogP contribution in [0, 0.1) is 0 Å². The van der Waals surface area contributed by atoms with Crippen molar-refractivity contribution in [2.45, 2.75) is 10.8 Å². The molecule has 0 fully saturated rings. The van der Waals surface area contributed by atoms with Gasteiger partial charge in [0.15, 0.2) is 11.5 Å². The summed E-state index contributed by atoms with van der Waals surface area (Å²) in [6, 6.07) is 8.67. The van der Waals surface area contributed by atoms with Crippen LogP contribution >= 0.6 is 27.3 Å². The van der Waals surface area contributed by atoms with E-state index in [1.807, 2.05) is 0 Å². The molecule has 0 amide bonds. The van der Waals surface area contributed by atoms with Crippen LogP contribution in [-0.2, 0) is 16.6 Å². The molecule has 0 saturated carbocycles. The van der Waals surface area contributed by atoms with Crippen LogP contribution in [0.4, 0.5) is 0 Å². The van der Waals surface area contributed by atoms with Crippen LogP contribution in [0.3, 0.4) is 0 Å². The third kappa shape index (κ3) is 2.69. The number of halogens is 1. The lowest BCUT2D eigenvalue weighted by atomic mass is 10.2. The Morgan fingerprint density at radius 3 is 2.85 bits per heavy atom. The molecule has 2 aromatic rings. The molecule has 0 radical (unpaired) electrons.